The summed E-state index contributed by atoms with van der Waals surface area (Å²) in [7, 11) is 0. The van der Waals surface area contributed by atoms with Gasteiger partial charge < -0.3 is 4.57 Å². The molecule has 1 aromatic heterocycles. The summed E-state index contributed by atoms with van der Waals surface area (Å²) in [5.41, 5.74) is 0.715. The van der Waals surface area contributed by atoms with Crippen LogP contribution in [0.25, 0.3) is 11.4 Å². The summed E-state index contributed by atoms with van der Waals surface area (Å²) < 4.78 is 40.9. The van der Waals surface area contributed by atoms with Crippen molar-refractivity contribution in [1.82, 2.24) is 9.55 Å². The first kappa shape index (κ1) is 14.4. The monoisotopic (exact) mass is 302 g/mol. The summed E-state index contributed by atoms with van der Waals surface area (Å²) in [6.45, 7) is 0.125. The second-order valence-electron chi connectivity index (χ2n) is 4.90. The van der Waals surface area contributed by atoms with E-state index in [1.165, 1.54) is 4.57 Å². The molecule has 0 bridgehead atoms. The van der Waals surface area contributed by atoms with Gasteiger partial charge >= 0.3 is 6.18 Å². The Morgan fingerprint density at radius 1 is 0.864 bits per heavy atom. The SMILES string of the molecule is FC(F)(F)c1cnc(-c2ccccc2)n1Cc1ccccc1. The van der Waals surface area contributed by atoms with Crippen molar-refractivity contribution in [2.24, 2.45) is 0 Å². The molecule has 2 nitrogen and oxygen atoms in total. The van der Waals surface area contributed by atoms with Crippen LogP contribution in [-0.4, -0.2) is 9.55 Å². The molecule has 3 aromatic rings. The zero-order valence-electron chi connectivity index (χ0n) is 11.6. The van der Waals surface area contributed by atoms with Gasteiger partial charge in [0, 0.05) is 12.1 Å². The third kappa shape index (κ3) is 2.88. The predicted octanol–water partition coefficient (Wildman–Crippen LogP) is 4.62. The number of halogens is 3. The molecule has 0 atom stereocenters. The average molecular weight is 302 g/mol. The summed E-state index contributed by atoms with van der Waals surface area (Å²) in [4.78, 5) is 3.99. The highest BCUT2D eigenvalue weighted by Crippen LogP contribution is 2.33. The molecule has 0 radical (unpaired) electrons. The molecular formula is C17H13F3N2. The van der Waals surface area contributed by atoms with Crippen molar-refractivity contribution in [3.05, 3.63) is 78.1 Å². The van der Waals surface area contributed by atoms with E-state index in [-0.39, 0.29) is 6.54 Å². The second-order valence-corrected chi connectivity index (χ2v) is 4.90. The normalized spacial score (nSPS) is 11.6. The Hall–Kier alpha value is -2.56. The number of benzene rings is 2. The molecule has 2 aromatic carbocycles. The van der Waals surface area contributed by atoms with E-state index >= 15 is 0 Å². The minimum atomic E-state index is -4.44. The lowest BCUT2D eigenvalue weighted by molar-refractivity contribution is -0.143. The molecule has 0 amide bonds. The molecule has 0 saturated heterocycles. The number of hydrogen-bond donors (Lipinski definition) is 0. The van der Waals surface area contributed by atoms with Gasteiger partial charge in [0.2, 0.25) is 0 Å². The fraction of sp³-hybridized carbons (Fsp3) is 0.118. The summed E-state index contributed by atoms with van der Waals surface area (Å²) in [6, 6.07) is 17.9. The van der Waals surface area contributed by atoms with E-state index in [0.29, 0.717) is 11.4 Å². The first-order chi connectivity index (χ1) is 10.6. The third-order valence-corrected chi connectivity index (χ3v) is 3.36. The Balaban J connectivity index is 2.10. The fourth-order valence-corrected chi connectivity index (χ4v) is 2.35. The first-order valence-electron chi connectivity index (χ1n) is 6.78. The van der Waals surface area contributed by atoms with Gasteiger partial charge in [0.25, 0.3) is 0 Å². The van der Waals surface area contributed by atoms with Crippen molar-refractivity contribution in [3.63, 3.8) is 0 Å². The molecular weight excluding hydrogens is 289 g/mol. The van der Waals surface area contributed by atoms with E-state index < -0.39 is 11.9 Å². The van der Waals surface area contributed by atoms with E-state index in [0.717, 1.165) is 11.8 Å². The van der Waals surface area contributed by atoms with Crippen LogP contribution in [0, 0.1) is 0 Å². The van der Waals surface area contributed by atoms with Crippen molar-refractivity contribution < 1.29 is 13.2 Å². The Kier molecular flexibility index (Phi) is 3.71. The smallest absolute Gasteiger partial charge is 0.316 e. The summed E-state index contributed by atoms with van der Waals surface area (Å²) in [6.07, 6.45) is -3.54. The van der Waals surface area contributed by atoms with Crippen LogP contribution < -0.4 is 0 Å². The lowest BCUT2D eigenvalue weighted by atomic mass is 10.2. The number of nitrogens with zero attached hydrogens (tertiary/aromatic N) is 2. The van der Waals surface area contributed by atoms with Gasteiger partial charge in [-0.2, -0.15) is 13.2 Å². The molecule has 0 spiro atoms. The molecule has 3 rings (SSSR count). The Morgan fingerprint density at radius 3 is 2.05 bits per heavy atom. The van der Waals surface area contributed by atoms with Crippen LogP contribution >= 0.6 is 0 Å². The van der Waals surface area contributed by atoms with Gasteiger partial charge in [-0.1, -0.05) is 60.7 Å². The molecule has 0 fully saturated rings. The second kappa shape index (κ2) is 5.67. The number of alkyl halides is 3. The van der Waals surface area contributed by atoms with Crippen molar-refractivity contribution in [1.29, 1.82) is 0 Å². The van der Waals surface area contributed by atoms with Gasteiger partial charge in [0.15, 0.2) is 0 Å². The van der Waals surface area contributed by atoms with Gasteiger partial charge in [0.1, 0.15) is 11.5 Å². The molecule has 0 unspecified atom stereocenters. The summed E-state index contributed by atoms with van der Waals surface area (Å²) >= 11 is 0. The first-order valence-corrected chi connectivity index (χ1v) is 6.78. The van der Waals surface area contributed by atoms with Crippen LogP contribution in [0.3, 0.4) is 0 Å². The van der Waals surface area contributed by atoms with Crippen LogP contribution in [0.2, 0.25) is 0 Å². The number of aromatic nitrogens is 2. The molecule has 112 valence electrons. The van der Waals surface area contributed by atoms with Crippen LogP contribution in [0.15, 0.2) is 66.9 Å². The van der Waals surface area contributed by atoms with E-state index in [1.54, 1.807) is 36.4 Å². The maximum atomic E-state index is 13.2. The maximum Gasteiger partial charge on any atom is 0.433 e. The highest BCUT2D eigenvalue weighted by molar-refractivity contribution is 5.56. The van der Waals surface area contributed by atoms with Crippen molar-refractivity contribution in [2.45, 2.75) is 12.7 Å². The third-order valence-electron chi connectivity index (χ3n) is 3.36. The van der Waals surface area contributed by atoms with Gasteiger partial charge in [-0.25, -0.2) is 4.98 Å². The van der Waals surface area contributed by atoms with Crippen LogP contribution in [-0.2, 0) is 12.7 Å². The number of imidazole rings is 1. The van der Waals surface area contributed by atoms with Crippen LogP contribution in [0.4, 0.5) is 13.2 Å². The van der Waals surface area contributed by atoms with Crippen LogP contribution in [0.5, 0.6) is 0 Å². The zero-order valence-corrected chi connectivity index (χ0v) is 11.6. The molecule has 5 heteroatoms. The molecule has 0 saturated carbocycles. The van der Waals surface area contributed by atoms with Crippen molar-refractivity contribution >= 4 is 0 Å². The molecule has 0 aliphatic carbocycles. The number of hydrogen-bond acceptors (Lipinski definition) is 1. The predicted molar refractivity (Wildman–Crippen MR) is 78.2 cm³/mol. The molecule has 0 aliphatic rings. The minimum absolute atomic E-state index is 0.125. The molecule has 1 heterocycles. The highest BCUT2D eigenvalue weighted by atomic mass is 19.4. The maximum absolute atomic E-state index is 13.2. The highest BCUT2D eigenvalue weighted by Gasteiger charge is 2.36. The van der Waals surface area contributed by atoms with Gasteiger partial charge in [-0.3, -0.25) is 0 Å². The van der Waals surface area contributed by atoms with Crippen molar-refractivity contribution in [2.75, 3.05) is 0 Å². The molecule has 22 heavy (non-hydrogen) atoms. The van der Waals surface area contributed by atoms with Gasteiger partial charge in [-0.15, -0.1) is 0 Å². The van der Waals surface area contributed by atoms with Crippen molar-refractivity contribution in [3.8, 4) is 11.4 Å². The quantitative estimate of drug-likeness (QED) is 0.690. The van der Waals surface area contributed by atoms with Gasteiger partial charge in [-0.05, 0) is 5.56 Å². The molecule has 0 aliphatic heterocycles. The lowest BCUT2D eigenvalue weighted by Crippen LogP contribution is -2.15. The average Bonchev–Trinajstić information content (AvgIpc) is 2.93. The van der Waals surface area contributed by atoms with E-state index in [2.05, 4.69) is 4.98 Å². The van der Waals surface area contributed by atoms with Crippen LogP contribution in [0.1, 0.15) is 11.3 Å². The van der Waals surface area contributed by atoms with E-state index in [9.17, 15) is 13.2 Å². The van der Waals surface area contributed by atoms with Gasteiger partial charge in [0.05, 0.1) is 6.20 Å². The minimum Gasteiger partial charge on any atom is -0.316 e. The zero-order chi connectivity index (χ0) is 15.6. The Bertz CT molecular complexity index is 747. The summed E-state index contributed by atoms with van der Waals surface area (Å²) in [5.74, 6) is 0.316. The summed E-state index contributed by atoms with van der Waals surface area (Å²) in [5, 5.41) is 0. The molecule has 0 N–H and O–H groups in total. The fourth-order valence-electron chi connectivity index (χ4n) is 2.35. The standard InChI is InChI=1S/C17H13F3N2/c18-17(19,20)15-11-21-16(14-9-5-2-6-10-14)22(15)12-13-7-3-1-4-8-13/h1-11H,12H2. The number of rotatable bonds is 3. The Labute approximate surface area is 125 Å². The topological polar surface area (TPSA) is 17.8 Å². The lowest BCUT2D eigenvalue weighted by Gasteiger charge is -2.14. The van der Waals surface area contributed by atoms with E-state index in [1.807, 2.05) is 24.3 Å². The largest absolute Gasteiger partial charge is 0.433 e. The van der Waals surface area contributed by atoms with E-state index in [4.69, 9.17) is 0 Å². The Morgan fingerprint density at radius 2 is 1.45 bits per heavy atom.